The lowest BCUT2D eigenvalue weighted by atomic mass is 10.0. The zero-order valence-corrected chi connectivity index (χ0v) is 13.9. The van der Waals surface area contributed by atoms with Crippen LogP contribution < -0.4 is 5.56 Å². The Balaban J connectivity index is 1.84. The van der Waals surface area contributed by atoms with Crippen LogP contribution >= 0.6 is 0 Å². The predicted octanol–water partition coefficient (Wildman–Crippen LogP) is 3.06. The van der Waals surface area contributed by atoms with Gasteiger partial charge in [0, 0.05) is 38.0 Å². The molecule has 6 heteroatoms. The number of aromatic nitrogens is 3. The molecule has 3 rings (SSSR count). The van der Waals surface area contributed by atoms with Gasteiger partial charge in [0.2, 0.25) is 0 Å². The third kappa shape index (κ3) is 3.27. The molecule has 0 saturated heterocycles. The molecule has 1 fully saturated rings. The quantitative estimate of drug-likeness (QED) is 0.806. The molecule has 0 spiro atoms. The van der Waals surface area contributed by atoms with Crippen LogP contribution in [0.2, 0.25) is 25.7 Å². The molecule has 0 aliphatic heterocycles. The molecule has 5 nitrogen and oxygen atoms in total. The Morgan fingerprint density at radius 3 is 2.81 bits per heavy atom. The second-order valence-corrected chi connectivity index (χ2v) is 12.8. The van der Waals surface area contributed by atoms with E-state index in [4.69, 9.17) is 4.74 Å². The smallest absolute Gasteiger partial charge is 0.276 e. The fourth-order valence-corrected chi connectivity index (χ4v) is 3.31. The third-order valence-corrected chi connectivity index (χ3v) is 5.74. The van der Waals surface area contributed by atoms with E-state index >= 15 is 0 Å². The van der Waals surface area contributed by atoms with Crippen molar-refractivity contribution in [3.63, 3.8) is 0 Å². The van der Waals surface area contributed by atoms with Gasteiger partial charge in [-0.05, 0) is 24.8 Å². The number of aromatic amines is 2. The summed E-state index contributed by atoms with van der Waals surface area (Å²) in [6.07, 6.45) is 6.10. The van der Waals surface area contributed by atoms with Crippen LogP contribution in [-0.4, -0.2) is 29.9 Å². The first-order valence-corrected chi connectivity index (χ1v) is 11.3. The lowest BCUT2D eigenvalue weighted by Crippen LogP contribution is -2.23. The van der Waals surface area contributed by atoms with Gasteiger partial charge in [0.1, 0.15) is 0 Å². The zero-order chi connectivity index (χ0) is 15.0. The molecule has 21 heavy (non-hydrogen) atoms. The van der Waals surface area contributed by atoms with E-state index in [1.54, 1.807) is 12.4 Å². The van der Waals surface area contributed by atoms with E-state index in [2.05, 4.69) is 34.8 Å². The lowest BCUT2D eigenvalue weighted by molar-refractivity contribution is 0.0467. The molecule has 0 amide bonds. The maximum Gasteiger partial charge on any atom is 0.276 e. The van der Waals surface area contributed by atoms with E-state index in [0.29, 0.717) is 11.4 Å². The van der Waals surface area contributed by atoms with Crippen molar-refractivity contribution in [2.24, 2.45) is 5.92 Å². The Morgan fingerprint density at radius 2 is 2.14 bits per heavy atom. The van der Waals surface area contributed by atoms with Crippen molar-refractivity contribution < 1.29 is 4.74 Å². The monoisotopic (exact) mass is 305 g/mol. The molecular formula is C15H23N3O2Si. The van der Waals surface area contributed by atoms with Gasteiger partial charge >= 0.3 is 0 Å². The average Bonchev–Trinajstić information content (AvgIpc) is 3.11. The minimum atomic E-state index is -1.09. The molecule has 1 unspecified atom stereocenters. The Labute approximate surface area is 125 Å². The molecule has 1 aliphatic carbocycles. The summed E-state index contributed by atoms with van der Waals surface area (Å²) in [6, 6.07) is 1.16. The van der Waals surface area contributed by atoms with Crippen molar-refractivity contribution in [2.75, 3.05) is 6.61 Å². The second-order valence-electron chi connectivity index (χ2n) is 7.16. The van der Waals surface area contributed by atoms with Gasteiger partial charge in [-0.2, -0.15) is 5.10 Å². The lowest BCUT2D eigenvalue weighted by Gasteiger charge is -2.21. The van der Waals surface area contributed by atoms with Crippen LogP contribution in [0.1, 0.15) is 24.5 Å². The Hall–Kier alpha value is -1.40. The van der Waals surface area contributed by atoms with E-state index < -0.39 is 8.07 Å². The Bertz CT molecular complexity index is 682. The largest absolute Gasteiger partial charge is 0.373 e. The molecule has 2 aromatic heterocycles. The molecule has 1 saturated carbocycles. The highest BCUT2D eigenvalue weighted by Crippen LogP contribution is 2.44. The minimum absolute atomic E-state index is 0.0818. The summed E-state index contributed by atoms with van der Waals surface area (Å²) in [5, 5.41) is 7.73. The molecule has 2 N–H and O–H groups in total. The normalized spacial score (nSPS) is 17.3. The van der Waals surface area contributed by atoms with Gasteiger partial charge in [0.25, 0.3) is 5.56 Å². The number of hydrogen-bond donors (Lipinski definition) is 2. The zero-order valence-electron chi connectivity index (χ0n) is 12.9. The maximum absolute atomic E-state index is 11.8. The van der Waals surface area contributed by atoms with Gasteiger partial charge in [-0.15, -0.1) is 0 Å². The number of nitrogens with one attached hydrogen (secondary N) is 2. The first kappa shape index (κ1) is 14.5. The summed E-state index contributed by atoms with van der Waals surface area (Å²) in [7, 11) is -1.09. The van der Waals surface area contributed by atoms with Crippen LogP contribution in [0.3, 0.4) is 0 Å². The van der Waals surface area contributed by atoms with Crippen molar-refractivity contribution in [3.05, 3.63) is 28.3 Å². The van der Waals surface area contributed by atoms with Gasteiger partial charge in [-0.1, -0.05) is 19.6 Å². The fraction of sp³-hybridized carbons (Fsp3) is 0.600. The molecule has 1 aliphatic rings. The summed E-state index contributed by atoms with van der Waals surface area (Å²) < 4.78 is 6.22. The van der Waals surface area contributed by atoms with Crippen LogP contribution in [0.25, 0.3) is 10.9 Å². The Kier molecular flexibility index (Phi) is 3.75. The highest BCUT2D eigenvalue weighted by Gasteiger charge is 2.35. The van der Waals surface area contributed by atoms with Crippen molar-refractivity contribution >= 4 is 19.0 Å². The molecule has 0 bridgehead atoms. The number of rotatable bonds is 6. The van der Waals surface area contributed by atoms with E-state index in [1.165, 1.54) is 12.8 Å². The summed E-state index contributed by atoms with van der Waals surface area (Å²) in [4.78, 5) is 14.6. The molecular weight excluding hydrogens is 282 g/mol. The standard InChI is InChI=1S/C15H23N3O2Si/c1-21(2,3)7-6-20-14(10-4-5-10)12-8-16-15(19)13-11(12)9-17-18-13/h8-10,14H,4-7H2,1-3H3,(H,16,19)(H,17,18). The van der Waals surface area contributed by atoms with Crippen molar-refractivity contribution in [3.8, 4) is 0 Å². The molecule has 2 heterocycles. The number of ether oxygens (including phenoxy) is 1. The van der Waals surface area contributed by atoms with Gasteiger partial charge in [-0.25, -0.2) is 0 Å². The first-order valence-electron chi connectivity index (χ1n) is 7.62. The van der Waals surface area contributed by atoms with E-state index in [9.17, 15) is 4.79 Å². The number of H-pyrrole nitrogens is 2. The topological polar surface area (TPSA) is 70.8 Å². The average molecular weight is 305 g/mol. The fourth-order valence-electron chi connectivity index (χ4n) is 2.58. The predicted molar refractivity (Wildman–Crippen MR) is 86.3 cm³/mol. The van der Waals surface area contributed by atoms with Crippen molar-refractivity contribution in [2.45, 2.75) is 44.6 Å². The van der Waals surface area contributed by atoms with Crippen LogP contribution in [0, 0.1) is 5.92 Å². The van der Waals surface area contributed by atoms with Gasteiger partial charge in [0.05, 0.1) is 6.10 Å². The van der Waals surface area contributed by atoms with Crippen molar-refractivity contribution in [1.29, 1.82) is 0 Å². The molecule has 2 aromatic rings. The van der Waals surface area contributed by atoms with Gasteiger partial charge in [0.15, 0.2) is 5.52 Å². The van der Waals surface area contributed by atoms with E-state index in [0.717, 1.165) is 23.6 Å². The highest BCUT2D eigenvalue weighted by molar-refractivity contribution is 6.76. The summed E-state index contributed by atoms with van der Waals surface area (Å²) in [6.45, 7) is 7.87. The van der Waals surface area contributed by atoms with Gasteiger partial charge < -0.3 is 9.72 Å². The van der Waals surface area contributed by atoms with Crippen molar-refractivity contribution in [1.82, 2.24) is 15.2 Å². The van der Waals surface area contributed by atoms with E-state index in [-0.39, 0.29) is 11.7 Å². The Morgan fingerprint density at radius 1 is 1.38 bits per heavy atom. The summed E-state index contributed by atoms with van der Waals surface area (Å²) >= 11 is 0. The number of pyridine rings is 1. The first-order chi connectivity index (χ1) is 9.96. The summed E-state index contributed by atoms with van der Waals surface area (Å²) in [5.74, 6) is 0.579. The van der Waals surface area contributed by atoms with E-state index in [1.807, 2.05) is 0 Å². The molecule has 0 aromatic carbocycles. The number of hydrogen-bond acceptors (Lipinski definition) is 3. The molecule has 114 valence electrons. The SMILES string of the molecule is C[Si](C)(C)CCOC(c1c[nH]c(=O)c2n[nH]cc12)C1CC1. The van der Waals surface area contributed by atoms with Crippen LogP contribution in [0.15, 0.2) is 17.2 Å². The number of fused-ring (bicyclic) bond motifs is 1. The molecule has 1 atom stereocenters. The van der Waals surface area contributed by atoms with Gasteiger partial charge in [-0.3, -0.25) is 9.89 Å². The second kappa shape index (κ2) is 5.42. The number of nitrogens with zero attached hydrogens (tertiary/aromatic N) is 1. The highest BCUT2D eigenvalue weighted by atomic mass is 28.3. The summed E-state index contributed by atoms with van der Waals surface area (Å²) in [5.41, 5.74) is 1.40. The third-order valence-electron chi connectivity index (χ3n) is 4.03. The molecule has 0 radical (unpaired) electrons. The van der Waals surface area contributed by atoms with Crippen LogP contribution in [-0.2, 0) is 4.74 Å². The maximum atomic E-state index is 11.8. The van der Waals surface area contributed by atoms with Crippen LogP contribution in [0.4, 0.5) is 0 Å². The minimum Gasteiger partial charge on any atom is -0.373 e. The van der Waals surface area contributed by atoms with Crippen LogP contribution in [0.5, 0.6) is 0 Å².